The van der Waals surface area contributed by atoms with Crippen LogP contribution in [0.25, 0.3) is 0 Å². The number of hydrogen-bond donors (Lipinski definition) is 10. The van der Waals surface area contributed by atoms with Gasteiger partial charge >= 0.3 is 0 Å². The molecule has 24 heteroatoms. The van der Waals surface area contributed by atoms with Crippen molar-refractivity contribution in [2.24, 2.45) is 29.0 Å². The van der Waals surface area contributed by atoms with Gasteiger partial charge in [0.15, 0.2) is 0 Å². The van der Waals surface area contributed by atoms with Gasteiger partial charge in [-0.05, 0) is 49.7 Å². The summed E-state index contributed by atoms with van der Waals surface area (Å²) in [5.74, 6) is -9.51. The van der Waals surface area contributed by atoms with Gasteiger partial charge in [0.25, 0.3) is 0 Å². The summed E-state index contributed by atoms with van der Waals surface area (Å²) in [5, 5.41) is 17.8. The molecule has 370 valence electrons. The summed E-state index contributed by atoms with van der Waals surface area (Å²) >= 11 is 0. The topological polar surface area (TPSA) is 353 Å². The standard InChI is InChI=1S/C43H65N11O11S2/c1-7-23(4)35-41(64)48-26(12-13-31(44)55)37(60)49-28(18-32(45)56)38(61)50-29(39(62)53-43(5,6)42(65)51-27(16-22(2)3)36(59)47-19-33(46)57)21-67-66-15-14-34(58)54-20-25-11-9-8-10-24(25)17-30(54)40(63)52-35/h8-11,22-23,26-30,35H,7,12-21H2,1-6H3,(H2,44,55)(H2,45,56)(H2,46,57)(H,47,59)(H,48,64)(H,49,60)(H,50,61)(H,51,65)(H,52,63)(H,53,62)/t23-,26-,27-,28-,29-,30+,35-/m0/s1. The lowest BCUT2D eigenvalue weighted by atomic mass is 9.92. The van der Waals surface area contributed by atoms with Gasteiger partial charge < -0.3 is 59.3 Å². The average molecular weight is 976 g/mol. The van der Waals surface area contributed by atoms with Crippen LogP contribution in [0.3, 0.4) is 0 Å². The van der Waals surface area contributed by atoms with Crippen molar-refractivity contribution in [2.75, 3.05) is 18.1 Å². The van der Waals surface area contributed by atoms with E-state index in [1.165, 1.54) is 29.5 Å². The van der Waals surface area contributed by atoms with Crippen molar-refractivity contribution in [3.05, 3.63) is 35.4 Å². The molecule has 2 aliphatic heterocycles. The molecule has 13 N–H and O–H groups in total. The van der Waals surface area contributed by atoms with Gasteiger partial charge in [-0.25, -0.2) is 0 Å². The number of fused-ring (bicyclic) bond motifs is 2. The van der Waals surface area contributed by atoms with Gasteiger partial charge in [0.1, 0.15) is 41.8 Å². The van der Waals surface area contributed by atoms with Crippen LogP contribution in [0, 0.1) is 11.8 Å². The minimum Gasteiger partial charge on any atom is -0.370 e. The third-order valence-corrected chi connectivity index (χ3v) is 13.5. The molecule has 0 radical (unpaired) electrons. The Morgan fingerprint density at radius 1 is 0.821 bits per heavy atom. The fraction of sp³-hybridized carbons (Fsp3) is 0.605. The Hall–Kier alpha value is -5.91. The smallest absolute Gasteiger partial charge is 0.245 e. The summed E-state index contributed by atoms with van der Waals surface area (Å²) in [6.07, 6.45) is -0.876. The number of carbonyl (C=O) groups excluding carboxylic acids is 11. The monoisotopic (exact) mass is 975 g/mol. The minimum absolute atomic E-state index is 0.0475. The lowest BCUT2D eigenvalue weighted by Crippen LogP contribution is -2.63. The average Bonchev–Trinajstić information content (AvgIpc) is 3.25. The summed E-state index contributed by atoms with van der Waals surface area (Å²) in [4.78, 5) is 148. The molecule has 0 unspecified atom stereocenters. The summed E-state index contributed by atoms with van der Waals surface area (Å²) < 4.78 is 0. The van der Waals surface area contributed by atoms with E-state index in [1.807, 2.05) is 24.3 Å². The number of nitrogens with zero attached hydrogens (tertiary/aromatic N) is 1. The Bertz CT molecular complexity index is 2040. The lowest BCUT2D eigenvalue weighted by molar-refractivity contribution is -0.143. The van der Waals surface area contributed by atoms with Gasteiger partial charge in [0.2, 0.25) is 65.0 Å². The second-order valence-corrected chi connectivity index (χ2v) is 20.2. The fourth-order valence-electron chi connectivity index (χ4n) is 7.16. The van der Waals surface area contributed by atoms with Crippen molar-refractivity contribution in [3.63, 3.8) is 0 Å². The third-order valence-electron chi connectivity index (χ3n) is 11.1. The van der Waals surface area contributed by atoms with Crippen molar-refractivity contribution in [1.29, 1.82) is 0 Å². The molecule has 2 heterocycles. The summed E-state index contributed by atoms with van der Waals surface area (Å²) in [5.41, 5.74) is 16.0. The molecule has 22 nitrogen and oxygen atoms in total. The first-order chi connectivity index (χ1) is 31.4. The van der Waals surface area contributed by atoms with Crippen LogP contribution in [0.4, 0.5) is 0 Å². The van der Waals surface area contributed by atoms with E-state index >= 15 is 0 Å². The predicted molar refractivity (Wildman–Crippen MR) is 249 cm³/mol. The first-order valence-corrected chi connectivity index (χ1v) is 24.5. The van der Waals surface area contributed by atoms with Crippen molar-refractivity contribution in [3.8, 4) is 0 Å². The van der Waals surface area contributed by atoms with Gasteiger partial charge in [-0.1, -0.05) is 80.0 Å². The molecule has 1 aromatic carbocycles. The van der Waals surface area contributed by atoms with E-state index in [2.05, 4.69) is 37.2 Å². The van der Waals surface area contributed by atoms with E-state index in [4.69, 9.17) is 17.2 Å². The Balaban J connectivity index is 2.03. The van der Waals surface area contributed by atoms with E-state index in [0.717, 1.165) is 21.9 Å². The lowest BCUT2D eigenvalue weighted by Gasteiger charge is -2.37. The number of primary amides is 3. The molecule has 0 spiro atoms. The first kappa shape index (κ1) is 55.4. The van der Waals surface area contributed by atoms with Crippen LogP contribution in [-0.2, 0) is 65.7 Å². The molecule has 1 aromatic rings. The van der Waals surface area contributed by atoms with Gasteiger partial charge in [-0.15, -0.1) is 0 Å². The highest BCUT2D eigenvalue weighted by Gasteiger charge is 2.40. The number of amides is 11. The number of nitrogens with two attached hydrogens (primary N) is 3. The zero-order chi connectivity index (χ0) is 50.2. The quantitative estimate of drug-likeness (QED) is 0.0794. The SMILES string of the molecule is CC[C@H](C)[C@@H]1NC(=O)[C@H]2Cc3ccccc3CN2C(=O)CCSSC[C@@H](C(=O)NC(C)(C)C(=O)N[C@@H](CC(C)C)C(=O)NCC(N)=O)NC(=O)[C@H](CC(N)=O)NC(=O)[C@H](CCC(N)=O)NC1=O. The highest BCUT2D eigenvalue weighted by molar-refractivity contribution is 8.76. The molecule has 1 saturated heterocycles. The predicted octanol–water partition coefficient (Wildman–Crippen LogP) is -2.12. The Morgan fingerprint density at radius 3 is 2.07 bits per heavy atom. The maximum Gasteiger partial charge on any atom is 0.245 e. The molecule has 11 amide bonds. The number of nitrogens with one attached hydrogen (secondary N) is 7. The minimum atomic E-state index is -1.73. The maximum absolute atomic E-state index is 14.2. The van der Waals surface area contributed by atoms with Crippen LogP contribution in [0.15, 0.2) is 24.3 Å². The van der Waals surface area contributed by atoms with E-state index < -0.39 is 126 Å². The van der Waals surface area contributed by atoms with Crippen molar-refractivity contribution < 1.29 is 52.7 Å². The normalized spacial score (nSPS) is 22.2. The summed E-state index contributed by atoms with van der Waals surface area (Å²) in [7, 11) is 2.26. The Labute approximate surface area is 397 Å². The molecule has 0 aliphatic carbocycles. The fourth-order valence-corrected chi connectivity index (χ4v) is 9.31. The van der Waals surface area contributed by atoms with E-state index in [-0.39, 0.29) is 55.6 Å². The van der Waals surface area contributed by atoms with Gasteiger partial charge in [0, 0.05) is 37.3 Å². The van der Waals surface area contributed by atoms with Crippen LogP contribution in [0.2, 0.25) is 0 Å². The molecule has 1 fully saturated rings. The van der Waals surface area contributed by atoms with Crippen LogP contribution in [0.1, 0.15) is 91.2 Å². The number of benzene rings is 1. The van der Waals surface area contributed by atoms with E-state index in [0.29, 0.717) is 6.42 Å². The third kappa shape index (κ3) is 17.4. The molecule has 7 atom stereocenters. The molecule has 67 heavy (non-hydrogen) atoms. The second-order valence-electron chi connectivity index (χ2n) is 17.6. The number of rotatable bonds is 16. The molecular weight excluding hydrogens is 911 g/mol. The highest BCUT2D eigenvalue weighted by atomic mass is 33.1. The van der Waals surface area contributed by atoms with Gasteiger partial charge in [-0.2, -0.15) is 0 Å². The van der Waals surface area contributed by atoms with Gasteiger partial charge in [-0.3, -0.25) is 52.7 Å². The Kier molecular flexibility index (Phi) is 21.4. The highest BCUT2D eigenvalue weighted by Crippen LogP contribution is 2.28. The second kappa shape index (κ2) is 25.9. The summed E-state index contributed by atoms with van der Waals surface area (Å²) in [6.45, 7) is 9.45. The van der Waals surface area contributed by atoms with Crippen LogP contribution >= 0.6 is 21.6 Å². The van der Waals surface area contributed by atoms with Crippen molar-refractivity contribution >= 4 is 86.6 Å². The zero-order valence-corrected chi connectivity index (χ0v) is 40.3. The van der Waals surface area contributed by atoms with Crippen LogP contribution < -0.4 is 54.4 Å². The van der Waals surface area contributed by atoms with Crippen molar-refractivity contribution in [2.45, 2.75) is 135 Å². The van der Waals surface area contributed by atoms with Crippen molar-refractivity contribution in [1.82, 2.24) is 42.1 Å². The van der Waals surface area contributed by atoms with E-state index in [1.54, 1.807) is 27.7 Å². The molecule has 0 aromatic heterocycles. The maximum atomic E-state index is 14.2. The zero-order valence-electron chi connectivity index (χ0n) is 38.7. The number of hydrogen-bond acceptors (Lipinski definition) is 13. The number of carbonyl (C=O) groups is 11. The molecule has 0 bridgehead atoms. The largest absolute Gasteiger partial charge is 0.370 e. The van der Waals surface area contributed by atoms with Crippen LogP contribution in [0.5, 0.6) is 0 Å². The molecule has 3 rings (SSSR count). The Morgan fingerprint density at radius 2 is 1.46 bits per heavy atom. The molecule has 2 aliphatic rings. The summed E-state index contributed by atoms with van der Waals surface area (Å²) in [6, 6.07) is -0.750. The van der Waals surface area contributed by atoms with E-state index in [9.17, 15) is 52.7 Å². The van der Waals surface area contributed by atoms with Crippen LogP contribution in [-0.4, -0.2) is 130 Å². The molecule has 0 saturated carbocycles. The molecular formula is C43H65N11O11S2. The van der Waals surface area contributed by atoms with Gasteiger partial charge in [0.05, 0.1) is 13.0 Å². The first-order valence-electron chi connectivity index (χ1n) is 22.0.